The molecule has 0 aliphatic heterocycles. The molecule has 0 saturated carbocycles. The maximum Gasteiger partial charge on any atom is 0.211 e. The summed E-state index contributed by atoms with van der Waals surface area (Å²) in [4.78, 5) is 0. The van der Waals surface area contributed by atoms with Gasteiger partial charge in [0.2, 0.25) is 5.96 Å². The van der Waals surface area contributed by atoms with E-state index in [0.29, 0.717) is 16.7 Å². The van der Waals surface area contributed by atoms with Crippen molar-refractivity contribution in [1.82, 2.24) is 0 Å². The van der Waals surface area contributed by atoms with Gasteiger partial charge >= 0.3 is 0 Å². The van der Waals surface area contributed by atoms with Gasteiger partial charge in [0.25, 0.3) is 0 Å². The van der Waals surface area contributed by atoms with Crippen molar-refractivity contribution in [3.63, 3.8) is 0 Å². The summed E-state index contributed by atoms with van der Waals surface area (Å²) in [5, 5.41) is 8.28. The highest BCUT2D eigenvalue weighted by molar-refractivity contribution is 6.42. The number of rotatable bonds is 5. The second-order valence-electron chi connectivity index (χ2n) is 4.38. The summed E-state index contributed by atoms with van der Waals surface area (Å²) in [6.07, 6.45) is 1.54. The van der Waals surface area contributed by atoms with E-state index in [1.165, 1.54) is 0 Å². The summed E-state index contributed by atoms with van der Waals surface area (Å²) in [6, 6.07) is 12.7. The molecular weight excluding hydrogens is 323 g/mol. The average molecular weight is 337 g/mol. The Labute approximate surface area is 138 Å². The summed E-state index contributed by atoms with van der Waals surface area (Å²) >= 11 is 11.8. The monoisotopic (exact) mass is 336 g/mol. The molecule has 114 valence electrons. The average Bonchev–Trinajstić information content (AvgIpc) is 2.49. The zero-order valence-corrected chi connectivity index (χ0v) is 13.1. The lowest BCUT2D eigenvalue weighted by Gasteiger charge is -2.07. The van der Waals surface area contributed by atoms with Gasteiger partial charge in [0, 0.05) is 0 Å². The Morgan fingerprint density at radius 3 is 2.41 bits per heavy atom. The second-order valence-corrected chi connectivity index (χ2v) is 5.19. The summed E-state index contributed by atoms with van der Waals surface area (Å²) in [6.45, 7) is 0.401. The lowest BCUT2D eigenvalue weighted by Crippen LogP contribution is -2.21. The van der Waals surface area contributed by atoms with Crippen molar-refractivity contribution in [2.45, 2.75) is 6.61 Å². The van der Waals surface area contributed by atoms with E-state index >= 15 is 0 Å². The maximum atomic E-state index is 5.96. The number of halogens is 2. The Kier molecular flexibility index (Phi) is 5.63. The van der Waals surface area contributed by atoms with Crippen LogP contribution in [0.1, 0.15) is 11.1 Å². The van der Waals surface area contributed by atoms with Crippen LogP contribution in [0.4, 0.5) is 0 Å². The first kappa shape index (κ1) is 16.1. The minimum Gasteiger partial charge on any atom is -0.489 e. The van der Waals surface area contributed by atoms with Gasteiger partial charge < -0.3 is 16.2 Å². The van der Waals surface area contributed by atoms with E-state index in [2.05, 4.69) is 10.2 Å². The molecule has 4 N–H and O–H groups in total. The Hall–Kier alpha value is -2.24. The van der Waals surface area contributed by atoms with Gasteiger partial charge in [0.1, 0.15) is 12.4 Å². The lowest BCUT2D eigenvalue weighted by molar-refractivity contribution is 0.306. The van der Waals surface area contributed by atoms with Crippen molar-refractivity contribution in [1.29, 1.82) is 0 Å². The number of hydrogen-bond acceptors (Lipinski definition) is 3. The number of benzene rings is 2. The van der Waals surface area contributed by atoms with E-state index in [1.54, 1.807) is 18.3 Å². The highest BCUT2D eigenvalue weighted by atomic mass is 35.5. The highest BCUT2D eigenvalue weighted by Crippen LogP contribution is 2.23. The third-order valence-corrected chi connectivity index (χ3v) is 3.39. The minimum atomic E-state index is -0.0853. The molecule has 0 unspecified atom stereocenters. The van der Waals surface area contributed by atoms with Crippen molar-refractivity contribution >= 4 is 35.4 Å². The van der Waals surface area contributed by atoms with Gasteiger partial charge in [0.05, 0.1) is 16.3 Å². The molecule has 2 rings (SSSR count). The topological polar surface area (TPSA) is 86.0 Å². The minimum absolute atomic E-state index is 0.0853. The van der Waals surface area contributed by atoms with Crippen LogP contribution >= 0.6 is 23.2 Å². The van der Waals surface area contributed by atoms with Gasteiger partial charge in [-0.1, -0.05) is 29.3 Å². The van der Waals surface area contributed by atoms with E-state index in [4.69, 9.17) is 39.4 Å². The number of ether oxygens (including phenoxy) is 1. The van der Waals surface area contributed by atoms with Crippen molar-refractivity contribution in [2.24, 2.45) is 21.7 Å². The first-order chi connectivity index (χ1) is 10.5. The van der Waals surface area contributed by atoms with E-state index in [1.807, 2.05) is 30.3 Å². The molecule has 0 bridgehead atoms. The molecule has 0 aliphatic rings. The molecule has 2 aromatic carbocycles. The SMILES string of the molecule is NC(N)=N/N=C/c1ccc(OCc2ccc(Cl)c(Cl)c2)cc1. The van der Waals surface area contributed by atoms with Gasteiger partial charge in [-0.05, 0) is 47.5 Å². The summed E-state index contributed by atoms with van der Waals surface area (Å²) < 4.78 is 5.67. The van der Waals surface area contributed by atoms with Gasteiger partial charge in [0.15, 0.2) is 0 Å². The number of nitrogens with two attached hydrogens (primary N) is 2. The fourth-order valence-electron chi connectivity index (χ4n) is 1.61. The number of guanidine groups is 1. The van der Waals surface area contributed by atoms with E-state index in [0.717, 1.165) is 16.9 Å². The Morgan fingerprint density at radius 2 is 1.77 bits per heavy atom. The first-order valence-corrected chi connectivity index (χ1v) is 7.09. The quantitative estimate of drug-likeness (QED) is 0.499. The molecule has 22 heavy (non-hydrogen) atoms. The van der Waals surface area contributed by atoms with Crippen LogP contribution in [-0.2, 0) is 6.61 Å². The third kappa shape index (κ3) is 4.95. The molecule has 0 aromatic heterocycles. The van der Waals surface area contributed by atoms with Crippen LogP contribution in [-0.4, -0.2) is 12.2 Å². The maximum absolute atomic E-state index is 5.96. The molecule has 0 aliphatic carbocycles. The van der Waals surface area contributed by atoms with Gasteiger partial charge in [-0.3, -0.25) is 0 Å². The van der Waals surface area contributed by atoms with Crippen LogP contribution in [0.5, 0.6) is 5.75 Å². The largest absolute Gasteiger partial charge is 0.489 e. The molecule has 0 saturated heterocycles. The molecule has 0 amide bonds. The molecule has 5 nitrogen and oxygen atoms in total. The van der Waals surface area contributed by atoms with Gasteiger partial charge in [-0.2, -0.15) is 5.10 Å². The Bertz CT molecular complexity index is 695. The second kappa shape index (κ2) is 7.68. The Morgan fingerprint density at radius 1 is 1.05 bits per heavy atom. The van der Waals surface area contributed by atoms with Crippen molar-refractivity contribution in [3.05, 3.63) is 63.6 Å². The van der Waals surface area contributed by atoms with Crippen LogP contribution in [0.25, 0.3) is 0 Å². The van der Waals surface area contributed by atoms with E-state index in [9.17, 15) is 0 Å². The van der Waals surface area contributed by atoms with Crippen molar-refractivity contribution in [3.8, 4) is 5.75 Å². The third-order valence-electron chi connectivity index (χ3n) is 2.65. The Balaban J connectivity index is 1.95. The number of nitrogens with zero attached hydrogens (tertiary/aromatic N) is 2. The summed E-state index contributed by atoms with van der Waals surface area (Å²) in [5.41, 5.74) is 12.1. The predicted molar refractivity (Wildman–Crippen MR) is 90.6 cm³/mol. The molecule has 0 fully saturated rings. The summed E-state index contributed by atoms with van der Waals surface area (Å²) in [5.74, 6) is 0.642. The van der Waals surface area contributed by atoms with Crippen LogP contribution in [0.3, 0.4) is 0 Å². The smallest absolute Gasteiger partial charge is 0.211 e. The lowest BCUT2D eigenvalue weighted by atomic mass is 10.2. The van der Waals surface area contributed by atoms with Crippen molar-refractivity contribution in [2.75, 3.05) is 0 Å². The molecule has 0 heterocycles. The number of hydrogen-bond donors (Lipinski definition) is 2. The van der Waals surface area contributed by atoms with Gasteiger partial charge in [-0.15, -0.1) is 5.10 Å². The normalized spacial score (nSPS) is 10.6. The zero-order valence-electron chi connectivity index (χ0n) is 11.5. The van der Waals surface area contributed by atoms with E-state index in [-0.39, 0.29) is 5.96 Å². The first-order valence-electron chi connectivity index (χ1n) is 6.33. The zero-order chi connectivity index (χ0) is 15.9. The molecule has 7 heteroatoms. The molecule has 0 radical (unpaired) electrons. The fourth-order valence-corrected chi connectivity index (χ4v) is 1.93. The fraction of sp³-hybridized carbons (Fsp3) is 0.0667. The highest BCUT2D eigenvalue weighted by Gasteiger charge is 2.01. The van der Waals surface area contributed by atoms with E-state index < -0.39 is 0 Å². The standard InChI is InChI=1S/C15H14Cl2N4O/c16-13-6-3-11(7-14(13)17)9-22-12-4-1-10(2-5-12)8-20-21-15(18)19/h1-8H,9H2,(H4,18,19,21)/b20-8+. The van der Waals surface area contributed by atoms with Crippen molar-refractivity contribution < 1.29 is 4.74 Å². The van der Waals surface area contributed by atoms with Crippen LogP contribution in [0.2, 0.25) is 10.0 Å². The molecule has 0 atom stereocenters. The van der Waals surface area contributed by atoms with Crippen LogP contribution in [0, 0.1) is 0 Å². The van der Waals surface area contributed by atoms with Gasteiger partial charge in [-0.25, -0.2) is 0 Å². The molecule has 0 spiro atoms. The van der Waals surface area contributed by atoms with Crippen LogP contribution in [0.15, 0.2) is 52.7 Å². The molecule has 2 aromatic rings. The predicted octanol–water partition coefficient (Wildman–Crippen LogP) is 3.18. The molecular formula is C15H14Cl2N4O. The van der Waals surface area contributed by atoms with Crippen LogP contribution < -0.4 is 16.2 Å². The summed E-state index contributed by atoms with van der Waals surface area (Å²) in [7, 11) is 0.